The quantitative estimate of drug-likeness (QED) is 0.747. The van der Waals surface area contributed by atoms with Gasteiger partial charge in [0.05, 0.1) is 5.60 Å². The number of hydrogen-bond acceptors (Lipinski definition) is 3. The first-order valence-electron chi connectivity index (χ1n) is 7.31. The van der Waals surface area contributed by atoms with E-state index in [0.717, 1.165) is 38.2 Å². The SMILES string of the molecule is CCCNC(Cc1nccn1CC)CC(C)(C)OC. The molecule has 0 aliphatic carbocycles. The Morgan fingerprint density at radius 2 is 2.16 bits per heavy atom. The van der Waals surface area contributed by atoms with E-state index in [1.807, 2.05) is 12.4 Å². The lowest BCUT2D eigenvalue weighted by atomic mass is 9.96. The third kappa shape index (κ3) is 5.33. The molecule has 1 aromatic heterocycles. The molecule has 0 amide bonds. The second kappa shape index (κ2) is 7.65. The molecule has 4 nitrogen and oxygen atoms in total. The molecule has 0 saturated heterocycles. The normalized spacial score (nSPS) is 13.7. The minimum atomic E-state index is -0.102. The molecule has 1 unspecified atom stereocenters. The van der Waals surface area contributed by atoms with Crippen molar-refractivity contribution in [2.75, 3.05) is 13.7 Å². The first-order chi connectivity index (χ1) is 9.02. The van der Waals surface area contributed by atoms with Gasteiger partial charge in [-0.05, 0) is 40.2 Å². The average molecular weight is 267 g/mol. The summed E-state index contributed by atoms with van der Waals surface area (Å²) in [4.78, 5) is 4.47. The van der Waals surface area contributed by atoms with Crippen LogP contribution >= 0.6 is 0 Å². The standard InChI is InChI=1S/C15H29N3O/c1-6-8-16-13(12-15(3,4)19-5)11-14-17-9-10-18(14)7-2/h9-10,13,16H,6-8,11-12H2,1-5H3. The number of hydrogen-bond donors (Lipinski definition) is 1. The van der Waals surface area contributed by atoms with Crippen LogP contribution in [0.4, 0.5) is 0 Å². The Labute approximate surface area is 117 Å². The van der Waals surface area contributed by atoms with E-state index in [1.54, 1.807) is 7.11 Å². The third-order valence-electron chi connectivity index (χ3n) is 3.54. The zero-order valence-electron chi connectivity index (χ0n) is 13.1. The summed E-state index contributed by atoms with van der Waals surface area (Å²) in [5.74, 6) is 1.16. The van der Waals surface area contributed by atoms with E-state index in [1.165, 1.54) is 0 Å². The molecule has 0 fully saturated rings. The van der Waals surface area contributed by atoms with Gasteiger partial charge in [0.25, 0.3) is 0 Å². The minimum absolute atomic E-state index is 0.102. The molecule has 19 heavy (non-hydrogen) atoms. The number of methoxy groups -OCH3 is 1. The Morgan fingerprint density at radius 1 is 1.42 bits per heavy atom. The number of aromatic nitrogens is 2. The van der Waals surface area contributed by atoms with Crippen molar-refractivity contribution in [2.45, 2.75) is 65.1 Å². The third-order valence-corrected chi connectivity index (χ3v) is 3.54. The van der Waals surface area contributed by atoms with Crippen LogP contribution in [-0.2, 0) is 17.7 Å². The Kier molecular flexibility index (Phi) is 6.52. The second-order valence-corrected chi connectivity index (χ2v) is 5.65. The van der Waals surface area contributed by atoms with E-state index in [2.05, 4.69) is 42.6 Å². The van der Waals surface area contributed by atoms with Crippen LogP contribution in [0.15, 0.2) is 12.4 Å². The summed E-state index contributed by atoms with van der Waals surface area (Å²) in [6, 6.07) is 0.405. The van der Waals surface area contributed by atoms with Crippen LogP contribution in [0.25, 0.3) is 0 Å². The lowest BCUT2D eigenvalue weighted by Crippen LogP contribution is -2.40. The van der Waals surface area contributed by atoms with Gasteiger partial charge in [-0.3, -0.25) is 0 Å². The highest BCUT2D eigenvalue weighted by Gasteiger charge is 2.23. The van der Waals surface area contributed by atoms with Crippen molar-refractivity contribution in [1.82, 2.24) is 14.9 Å². The molecule has 1 heterocycles. The molecular weight excluding hydrogens is 238 g/mol. The highest BCUT2D eigenvalue weighted by Crippen LogP contribution is 2.18. The highest BCUT2D eigenvalue weighted by molar-refractivity contribution is 4.96. The molecule has 1 atom stereocenters. The summed E-state index contributed by atoms with van der Waals surface area (Å²) in [7, 11) is 1.78. The molecule has 1 N–H and O–H groups in total. The van der Waals surface area contributed by atoms with Gasteiger partial charge in [-0.1, -0.05) is 6.92 Å². The number of nitrogens with one attached hydrogen (secondary N) is 1. The summed E-state index contributed by atoms with van der Waals surface area (Å²) in [6.45, 7) is 10.6. The largest absolute Gasteiger partial charge is 0.379 e. The number of nitrogens with zero attached hydrogens (tertiary/aromatic N) is 2. The van der Waals surface area contributed by atoms with Gasteiger partial charge in [0.2, 0.25) is 0 Å². The first kappa shape index (κ1) is 16.2. The van der Waals surface area contributed by atoms with Crippen LogP contribution in [0.5, 0.6) is 0 Å². The summed E-state index contributed by atoms with van der Waals surface area (Å²) in [5, 5.41) is 3.62. The second-order valence-electron chi connectivity index (χ2n) is 5.65. The molecule has 4 heteroatoms. The predicted molar refractivity (Wildman–Crippen MR) is 79.4 cm³/mol. The maximum Gasteiger partial charge on any atom is 0.110 e. The lowest BCUT2D eigenvalue weighted by Gasteiger charge is -2.29. The summed E-state index contributed by atoms with van der Waals surface area (Å²) < 4.78 is 7.77. The molecule has 0 aliphatic rings. The van der Waals surface area contributed by atoms with E-state index >= 15 is 0 Å². The zero-order chi connectivity index (χ0) is 14.3. The number of rotatable bonds is 9. The molecule has 0 aromatic carbocycles. The molecule has 1 aromatic rings. The van der Waals surface area contributed by atoms with Gasteiger partial charge in [-0.15, -0.1) is 0 Å². The Hall–Kier alpha value is -0.870. The van der Waals surface area contributed by atoms with Crippen molar-refractivity contribution in [1.29, 1.82) is 0 Å². The molecule has 0 aliphatic heterocycles. The predicted octanol–water partition coefficient (Wildman–Crippen LogP) is 2.63. The molecule has 0 spiro atoms. The van der Waals surface area contributed by atoms with Gasteiger partial charge in [-0.25, -0.2) is 4.98 Å². The summed E-state index contributed by atoms with van der Waals surface area (Å²) in [5.41, 5.74) is -0.102. The first-order valence-corrected chi connectivity index (χ1v) is 7.31. The van der Waals surface area contributed by atoms with Crippen molar-refractivity contribution < 1.29 is 4.74 Å². The highest BCUT2D eigenvalue weighted by atomic mass is 16.5. The van der Waals surface area contributed by atoms with Gasteiger partial charge in [0, 0.05) is 38.5 Å². The summed E-state index contributed by atoms with van der Waals surface area (Å²) >= 11 is 0. The fourth-order valence-corrected chi connectivity index (χ4v) is 2.28. The monoisotopic (exact) mass is 267 g/mol. The fourth-order valence-electron chi connectivity index (χ4n) is 2.28. The van der Waals surface area contributed by atoms with E-state index in [9.17, 15) is 0 Å². The summed E-state index contributed by atoms with van der Waals surface area (Å²) in [6.07, 6.45) is 7.02. The molecule has 0 saturated carbocycles. The van der Waals surface area contributed by atoms with Crippen LogP contribution in [-0.4, -0.2) is 34.8 Å². The van der Waals surface area contributed by atoms with Crippen molar-refractivity contribution in [2.24, 2.45) is 0 Å². The van der Waals surface area contributed by atoms with Crippen molar-refractivity contribution >= 4 is 0 Å². The zero-order valence-corrected chi connectivity index (χ0v) is 13.1. The van der Waals surface area contributed by atoms with Crippen molar-refractivity contribution in [3.05, 3.63) is 18.2 Å². The van der Waals surface area contributed by atoms with Crippen LogP contribution in [0.1, 0.15) is 46.4 Å². The van der Waals surface area contributed by atoms with Crippen molar-refractivity contribution in [3.63, 3.8) is 0 Å². The van der Waals surface area contributed by atoms with Crippen LogP contribution < -0.4 is 5.32 Å². The fraction of sp³-hybridized carbons (Fsp3) is 0.800. The lowest BCUT2D eigenvalue weighted by molar-refractivity contribution is 0.00694. The molecular formula is C15H29N3O. The maximum atomic E-state index is 5.56. The van der Waals surface area contributed by atoms with E-state index in [-0.39, 0.29) is 5.60 Å². The average Bonchev–Trinajstić information content (AvgIpc) is 2.82. The van der Waals surface area contributed by atoms with Crippen LogP contribution in [0, 0.1) is 0 Å². The molecule has 1 rings (SSSR count). The van der Waals surface area contributed by atoms with Gasteiger partial charge in [0.15, 0.2) is 0 Å². The van der Waals surface area contributed by atoms with Gasteiger partial charge in [-0.2, -0.15) is 0 Å². The number of aryl methyl sites for hydroxylation is 1. The number of ether oxygens (including phenoxy) is 1. The number of imidazole rings is 1. The molecule has 0 bridgehead atoms. The van der Waals surface area contributed by atoms with Crippen LogP contribution in [0.2, 0.25) is 0 Å². The Morgan fingerprint density at radius 3 is 2.74 bits per heavy atom. The smallest absolute Gasteiger partial charge is 0.110 e. The molecule has 110 valence electrons. The maximum absolute atomic E-state index is 5.56. The minimum Gasteiger partial charge on any atom is -0.379 e. The Balaban J connectivity index is 2.68. The van der Waals surface area contributed by atoms with Crippen molar-refractivity contribution in [3.8, 4) is 0 Å². The van der Waals surface area contributed by atoms with E-state index in [0.29, 0.717) is 6.04 Å². The van der Waals surface area contributed by atoms with Gasteiger partial charge < -0.3 is 14.6 Å². The molecule has 0 radical (unpaired) electrons. The van der Waals surface area contributed by atoms with Gasteiger partial charge in [0.1, 0.15) is 5.82 Å². The van der Waals surface area contributed by atoms with E-state index in [4.69, 9.17) is 4.74 Å². The Bertz CT molecular complexity index is 360. The topological polar surface area (TPSA) is 39.1 Å². The van der Waals surface area contributed by atoms with Crippen LogP contribution in [0.3, 0.4) is 0 Å². The van der Waals surface area contributed by atoms with Gasteiger partial charge >= 0.3 is 0 Å². The van der Waals surface area contributed by atoms with E-state index < -0.39 is 0 Å².